The summed E-state index contributed by atoms with van der Waals surface area (Å²) in [7, 11) is 0. The molecular formula is C13H17N5OS. The summed E-state index contributed by atoms with van der Waals surface area (Å²) in [6.45, 7) is 5.86. The van der Waals surface area contributed by atoms with Gasteiger partial charge in [0, 0.05) is 16.1 Å². The average molecular weight is 291 g/mol. The van der Waals surface area contributed by atoms with E-state index in [1.54, 1.807) is 12.1 Å². The minimum absolute atomic E-state index is 0.215. The van der Waals surface area contributed by atoms with Crippen molar-refractivity contribution in [3.8, 4) is 0 Å². The van der Waals surface area contributed by atoms with Gasteiger partial charge in [-0.1, -0.05) is 6.92 Å². The predicted octanol–water partition coefficient (Wildman–Crippen LogP) is 2.26. The molecule has 0 bridgehead atoms. The molecule has 1 amide bonds. The molecule has 4 N–H and O–H groups in total. The normalized spacial score (nSPS) is 10.4. The molecule has 0 aromatic carbocycles. The topological polar surface area (TPSA) is 92.9 Å². The number of hydrogen-bond donors (Lipinski definition) is 3. The molecule has 2 heterocycles. The second kappa shape index (κ2) is 5.98. The van der Waals surface area contributed by atoms with Gasteiger partial charge in [-0.2, -0.15) is 0 Å². The fourth-order valence-electron chi connectivity index (χ4n) is 1.67. The number of rotatable bonds is 4. The second-order valence-electron chi connectivity index (χ2n) is 4.35. The molecule has 0 aliphatic carbocycles. The zero-order valence-electron chi connectivity index (χ0n) is 11.7. The van der Waals surface area contributed by atoms with Gasteiger partial charge < -0.3 is 5.43 Å². The van der Waals surface area contributed by atoms with Crippen LogP contribution in [0.15, 0.2) is 12.1 Å². The summed E-state index contributed by atoms with van der Waals surface area (Å²) in [5.41, 5.74) is 4.71. The van der Waals surface area contributed by atoms with Crippen LogP contribution in [-0.2, 0) is 6.42 Å². The highest BCUT2D eigenvalue weighted by Gasteiger charge is 2.12. The van der Waals surface area contributed by atoms with Crippen molar-refractivity contribution in [3.63, 3.8) is 0 Å². The summed E-state index contributed by atoms with van der Waals surface area (Å²) in [6, 6.07) is 3.37. The molecule has 0 atom stereocenters. The number of aryl methyl sites for hydroxylation is 3. The van der Waals surface area contributed by atoms with Crippen LogP contribution in [0.1, 0.15) is 33.5 Å². The summed E-state index contributed by atoms with van der Waals surface area (Å²) in [5, 5.41) is 3.39. The smallest absolute Gasteiger partial charge is 0.257 e. The number of nitrogens with two attached hydrogens (primary N) is 1. The number of anilines is 2. The molecule has 2 aromatic rings. The number of aromatic nitrogens is 2. The first kappa shape index (κ1) is 14.4. The summed E-state index contributed by atoms with van der Waals surface area (Å²) in [5.74, 6) is 5.62. The SMILES string of the molecule is CCc1cc(C(=O)Nc2nc(C)c(C)s2)cc(NN)n1. The minimum Gasteiger partial charge on any atom is -0.308 e. The number of hydrazine groups is 1. The van der Waals surface area contributed by atoms with E-state index in [0.29, 0.717) is 16.5 Å². The van der Waals surface area contributed by atoms with Gasteiger partial charge in [0.25, 0.3) is 5.91 Å². The highest BCUT2D eigenvalue weighted by atomic mass is 32.1. The first-order chi connectivity index (χ1) is 9.53. The Morgan fingerprint density at radius 3 is 2.65 bits per heavy atom. The molecule has 20 heavy (non-hydrogen) atoms. The van der Waals surface area contributed by atoms with Crippen LogP contribution < -0.4 is 16.6 Å². The van der Waals surface area contributed by atoms with Gasteiger partial charge in [0.1, 0.15) is 5.82 Å². The van der Waals surface area contributed by atoms with Crippen molar-refractivity contribution in [2.45, 2.75) is 27.2 Å². The molecule has 6 nitrogen and oxygen atoms in total. The summed E-state index contributed by atoms with van der Waals surface area (Å²) in [6.07, 6.45) is 0.727. The lowest BCUT2D eigenvalue weighted by molar-refractivity contribution is 0.102. The van der Waals surface area contributed by atoms with Crippen LogP contribution >= 0.6 is 11.3 Å². The standard InChI is InChI=1S/C13H17N5OS/c1-4-10-5-9(6-11(16-10)18-14)12(19)17-13-15-7(2)8(3)20-13/h5-6H,4,14H2,1-3H3,(H,16,18)(H,15,17,19). The predicted molar refractivity (Wildman–Crippen MR) is 81.0 cm³/mol. The third kappa shape index (κ3) is 3.12. The maximum atomic E-state index is 12.2. The van der Waals surface area contributed by atoms with Gasteiger partial charge in [-0.3, -0.25) is 10.1 Å². The number of hydrogen-bond acceptors (Lipinski definition) is 6. The molecule has 7 heteroatoms. The number of carbonyl (C=O) groups excluding carboxylic acids is 1. The van der Waals surface area contributed by atoms with Gasteiger partial charge in [0.2, 0.25) is 0 Å². The Balaban J connectivity index is 2.24. The lowest BCUT2D eigenvalue weighted by Gasteiger charge is -2.07. The van der Waals surface area contributed by atoms with Gasteiger partial charge in [-0.05, 0) is 32.4 Å². The fraction of sp³-hybridized carbons (Fsp3) is 0.308. The quantitative estimate of drug-likeness (QED) is 0.593. The van der Waals surface area contributed by atoms with Gasteiger partial charge >= 0.3 is 0 Å². The van der Waals surface area contributed by atoms with Gasteiger partial charge in [-0.15, -0.1) is 11.3 Å². The molecule has 0 saturated carbocycles. The Kier molecular flexibility index (Phi) is 4.31. The average Bonchev–Trinajstić information content (AvgIpc) is 2.76. The number of nitrogens with zero attached hydrogens (tertiary/aromatic N) is 2. The molecule has 106 valence electrons. The second-order valence-corrected chi connectivity index (χ2v) is 5.55. The molecule has 2 rings (SSSR count). The molecule has 0 unspecified atom stereocenters. The van der Waals surface area contributed by atoms with E-state index in [1.165, 1.54) is 11.3 Å². The van der Waals surface area contributed by atoms with Crippen LogP contribution in [0.25, 0.3) is 0 Å². The molecule has 0 aliphatic rings. The molecule has 0 aliphatic heterocycles. The summed E-state index contributed by atoms with van der Waals surface area (Å²) in [4.78, 5) is 21.9. The first-order valence-electron chi connectivity index (χ1n) is 6.26. The van der Waals surface area contributed by atoms with Gasteiger partial charge in [-0.25, -0.2) is 15.8 Å². The summed E-state index contributed by atoms with van der Waals surface area (Å²) >= 11 is 1.46. The van der Waals surface area contributed by atoms with E-state index in [4.69, 9.17) is 5.84 Å². The zero-order valence-corrected chi connectivity index (χ0v) is 12.5. The van der Waals surface area contributed by atoms with E-state index in [0.717, 1.165) is 22.7 Å². The maximum Gasteiger partial charge on any atom is 0.257 e. The highest BCUT2D eigenvalue weighted by molar-refractivity contribution is 7.15. The Morgan fingerprint density at radius 1 is 1.35 bits per heavy atom. The van der Waals surface area contributed by atoms with Gasteiger partial charge in [0.15, 0.2) is 5.13 Å². The largest absolute Gasteiger partial charge is 0.308 e. The van der Waals surface area contributed by atoms with Crippen LogP contribution in [0.5, 0.6) is 0 Å². The molecule has 0 fully saturated rings. The van der Waals surface area contributed by atoms with Crippen LogP contribution in [0, 0.1) is 13.8 Å². The monoisotopic (exact) mass is 291 g/mol. The van der Waals surface area contributed by atoms with E-state index in [-0.39, 0.29) is 5.91 Å². The van der Waals surface area contributed by atoms with Crippen molar-refractivity contribution in [1.29, 1.82) is 0 Å². The van der Waals surface area contributed by atoms with Crippen molar-refractivity contribution in [1.82, 2.24) is 9.97 Å². The van der Waals surface area contributed by atoms with E-state index in [2.05, 4.69) is 20.7 Å². The molecular weight excluding hydrogens is 274 g/mol. The fourth-order valence-corrected chi connectivity index (χ4v) is 2.48. The molecule has 0 saturated heterocycles. The van der Waals surface area contributed by atoms with Crippen molar-refractivity contribution >= 4 is 28.2 Å². The van der Waals surface area contributed by atoms with Crippen LogP contribution in [0.2, 0.25) is 0 Å². The van der Waals surface area contributed by atoms with E-state index in [1.807, 2.05) is 20.8 Å². The Hall–Kier alpha value is -1.99. The van der Waals surface area contributed by atoms with Crippen molar-refractivity contribution in [2.24, 2.45) is 5.84 Å². The van der Waals surface area contributed by atoms with Crippen LogP contribution in [-0.4, -0.2) is 15.9 Å². The Morgan fingerprint density at radius 2 is 2.10 bits per heavy atom. The zero-order chi connectivity index (χ0) is 14.7. The number of thiazole rings is 1. The highest BCUT2D eigenvalue weighted by Crippen LogP contribution is 2.22. The van der Waals surface area contributed by atoms with Gasteiger partial charge in [0.05, 0.1) is 5.69 Å². The Labute approximate surface area is 121 Å². The number of carbonyl (C=O) groups is 1. The van der Waals surface area contributed by atoms with Crippen molar-refractivity contribution < 1.29 is 4.79 Å². The first-order valence-corrected chi connectivity index (χ1v) is 7.08. The summed E-state index contributed by atoms with van der Waals surface area (Å²) < 4.78 is 0. The van der Waals surface area contributed by atoms with E-state index in [9.17, 15) is 4.79 Å². The molecule has 0 radical (unpaired) electrons. The minimum atomic E-state index is -0.215. The third-order valence-electron chi connectivity index (χ3n) is 2.90. The van der Waals surface area contributed by atoms with Crippen molar-refractivity contribution in [3.05, 3.63) is 34.0 Å². The third-order valence-corrected chi connectivity index (χ3v) is 3.89. The Bertz CT molecular complexity index is 596. The van der Waals surface area contributed by atoms with Crippen LogP contribution in [0.3, 0.4) is 0 Å². The van der Waals surface area contributed by atoms with E-state index < -0.39 is 0 Å². The maximum absolute atomic E-state index is 12.2. The lowest BCUT2D eigenvalue weighted by Crippen LogP contribution is -2.15. The molecule has 2 aromatic heterocycles. The number of nitrogens with one attached hydrogen (secondary N) is 2. The van der Waals surface area contributed by atoms with Crippen molar-refractivity contribution in [2.75, 3.05) is 10.7 Å². The van der Waals surface area contributed by atoms with E-state index >= 15 is 0 Å². The number of pyridine rings is 1. The lowest BCUT2D eigenvalue weighted by atomic mass is 10.2. The number of nitrogen functional groups attached to an aromatic ring is 1. The van der Waals surface area contributed by atoms with Crippen LogP contribution in [0.4, 0.5) is 10.9 Å². The molecule has 0 spiro atoms. The number of amides is 1.